The second-order valence-electron chi connectivity index (χ2n) is 5.56. The van der Waals surface area contributed by atoms with E-state index in [0.717, 1.165) is 12.3 Å². The van der Waals surface area contributed by atoms with Crippen molar-refractivity contribution in [2.24, 2.45) is 17.6 Å². The third-order valence-electron chi connectivity index (χ3n) is 3.79. The van der Waals surface area contributed by atoms with Crippen LogP contribution in [0.5, 0.6) is 0 Å². The molecule has 0 spiro atoms. The summed E-state index contributed by atoms with van der Waals surface area (Å²) in [6.45, 7) is 6.63. The van der Waals surface area contributed by atoms with Gasteiger partial charge in [0.25, 0.3) is 0 Å². The molecule has 1 nitrogen and oxygen atoms in total. The Morgan fingerprint density at radius 2 is 1.75 bits per heavy atom. The Balaban J connectivity index is 2.01. The van der Waals surface area contributed by atoms with Gasteiger partial charge in [-0.05, 0) is 50.5 Å². The molecule has 1 aromatic carbocycles. The highest BCUT2D eigenvalue weighted by Gasteiger charge is 2.31. The Kier molecular flexibility index (Phi) is 3.34. The first-order chi connectivity index (χ1) is 7.56. The van der Waals surface area contributed by atoms with Gasteiger partial charge < -0.3 is 5.73 Å². The standard InChI is InChI=1S/C15H23N/c1-10-6-11(2)8-13(7-10)9-15(16)12(3)14-4-5-14/h6-8,12,14-15H,4-5,9,16H2,1-3H3. The molecule has 0 bridgehead atoms. The second kappa shape index (κ2) is 4.58. The van der Waals surface area contributed by atoms with Crippen LogP contribution in [0.2, 0.25) is 0 Å². The number of nitrogens with two attached hydrogens (primary N) is 1. The van der Waals surface area contributed by atoms with Gasteiger partial charge in [0, 0.05) is 6.04 Å². The monoisotopic (exact) mass is 217 g/mol. The molecule has 0 saturated heterocycles. The van der Waals surface area contributed by atoms with E-state index in [0.29, 0.717) is 12.0 Å². The minimum atomic E-state index is 0.327. The molecule has 88 valence electrons. The maximum Gasteiger partial charge on any atom is 0.0108 e. The van der Waals surface area contributed by atoms with E-state index in [1.165, 1.54) is 29.5 Å². The molecule has 0 aliphatic heterocycles. The zero-order valence-corrected chi connectivity index (χ0v) is 10.7. The average Bonchev–Trinajstić information content (AvgIpc) is 2.97. The topological polar surface area (TPSA) is 26.0 Å². The minimum Gasteiger partial charge on any atom is -0.327 e. The summed E-state index contributed by atoms with van der Waals surface area (Å²) in [5.74, 6) is 1.58. The summed E-state index contributed by atoms with van der Waals surface area (Å²) < 4.78 is 0. The smallest absolute Gasteiger partial charge is 0.0108 e. The Hall–Kier alpha value is -0.820. The third-order valence-corrected chi connectivity index (χ3v) is 3.79. The van der Waals surface area contributed by atoms with Crippen LogP contribution in [-0.4, -0.2) is 6.04 Å². The molecule has 16 heavy (non-hydrogen) atoms. The van der Waals surface area contributed by atoms with Gasteiger partial charge in [-0.1, -0.05) is 36.2 Å². The molecule has 0 amide bonds. The van der Waals surface area contributed by atoms with E-state index in [1.54, 1.807) is 0 Å². The zero-order chi connectivity index (χ0) is 11.7. The van der Waals surface area contributed by atoms with E-state index in [4.69, 9.17) is 5.73 Å². The Morgan fingerprint density at radius 1 is 1.19 bits per heavy atom. The molecule has 0 aromatic heterocycles. The molecule has 1 aliphatic carbocycles. The van der Waals surface area contributed by atoms with Crippen molar-refractivity contribution in [3.05, 3.63) is 34.9 Å². The SMILES string of the molecule is Cc1cc(C)cc(CC(N)C(C)C2CC2)c1. The van der Waals surface area contributed by atoms with Crippen molar-refractivity contribution in [1.29, 1.82) is 0 Å². The fourth-order valence-corrected chi connectivity index (χ4v) is 2.62. The van der Waals surface area contributed by atoms with Gasteiger partial charge in [0.1, 0.15) is 0 Å². The summed E-state index contributed by atoms with van der Waals surface area (Å²) in [5.41, 5.74) is 10.4. The van der Waals surface area contributed by atoms with Crippen LogP contribution in [0, 0.1) is 25.7 Å². The van der Waals surface area contributed by atoms with E-state index in [2.05, 4.69) is 39.0 Å². The maximum absolute atomic E-state index is 6.29. The molecule has 2 atom stereocenters. The Morgan fingerprint density at radius 3 is 2.25 bits per heavy atom. The first-order valence-electron chi connectivity index (χ1n) is 6.39. The summed E-state index contributed by atoms with van der Waals surface area (Å²) >= 11 is 0. The van der Waals surface area contributed by atoms with Crippen LogP contribution >= 0.6 is 0 Å². The van der Waals surface area contributed by atoms with Crippen molar-refractivity contribution in [3.63, 3.8) is 0 Å². The van der Waals surface area contributed by atoms with Gasteiger partial charge >= 0.3 is 0 Å². The van der Waals surface area contributed by atoms with Crippen molar-refractivity contribution in [1.82, 2.24) is 0 Å². The largest absolute Gasteiger partial charge is 0.327 e. The fraction of sp³-hybridized carbons (Fsp3) is 0.600. The number of hydrogen-bond acceptors (Lipinski definition) is 1. The molecular weight excluding hydrogens is 194 g/mol. The lowest BCUT2D eigenvalue weighted by Crippen LogP contribution is -2.31. The fourth-order valence-electron chi connectivity index (χ4n) is 2.62. The van der Waals surface area contributed by atoms with Crippen molar-refractivity contribution in [3.8, 4) is 0 Å². The lowest BCUT2D eigenvalue weighted by Gasteiger charge is -2.20. The summed E-state index contributed by atoms with van der Waals surface area (Å²) in [4.78, 5) is 0. The molecule has 0 radical (unpaired) electrons. The van der Waals surface area contributed by atoms with Gasteiger partial charge in [-0.25, -0.2) is 0 Å². The van der Waals surface area contributed by atoms with Crippen LogP contribution in [-0.2, 0) is 6.42 Å². The highest BCUT2D eigenvalue weighted by Crippen LogP contribution is 2.38. The van der Waals surface area contributed by atoms with Crippen LogP contribution < -0.4 is 5.73 Å². The first-order valence-corrected chi connectivity index (χ1v) is 6.39. The summed E-state index contributed by atoms with van der Waals surface area (Å²) in [5, 5.41) is 0. The van der Waals surface area contributed by atoms with E-state index >= 15 is 0 Å². The number of hydrogen-bond donors (Lipinski definition) is 1. The van der Waals surface area contributed by atoms with Gasteiger partial charge in [-0.15, -0.1) is 0 Å². The molecule has 0 heterocycles. The van der Waals surface area contributed by atoms with E-state index in [-0.39, 0.29) is 0 Å². The van der Waals surface area contributed by atoms with Gasteiger partial charge in [0.2, 0.25) is 0 Å². The van der Waals surface area contributed by atoms with Crippen LogP contribution in [0.15, 0.2) is 18.2 Å². The van der Waals surface area contributed by atoms with Gasteiger partial charge in [0.05, 0.1) is 0 Å². The van der Waals surface area contributed by atoms with Crippen molar-refractivity contribution in [2.45, 2.75) is 46.1 Å². The predicted octanol–water partition coefficient (Wildman–Crippen LogP) is 3.22. The van der Waals surface area contributed by atoms with Crippen molar-refractivity contribution < 1.29 is 0 Å². The summed E-state index contributed by atoms with van der Waals surface area (Å²) in [6, 6.07) is 7.09. The van der Waals surface area contributed by atoms with Gasteiger partial charge in [0.15, 0.2) is 0 Å². The Bertz CT molecular complexity index is 345. The molecule has 2 unspecified atom stereocenters. The number of aryl methyl sites for hydroxylation is 2. The lowest BCUT2D eigenvalue weighted by atomic mass is 9.91. The second-order valence-corrected chi connectivity index (χ2v) is 5.56. The molecule has 2 rings (SSSR count). The highest BCUT2D eigenvalue weighted by molar-refractivity contribution is 5.29. The molecule has 1 heteroatoms. The van der Waals surface area contributed by atoms with Crippen LogP contribution in [0.1, 0.15) is 36.5 Å². The zero-order valence-electron chi connectivity index (χ0n) is 10.7. The third kappa shape index (κ3) is 2.85. The van der Waals surface area contributed by atoms with E-state index in [1.807, 2.05) is 0 Å². The number of benzene rings is 1. The van der Waals surface area contributed by atoms with Crippen molar-refractivity contribution >= 4 is 0 Å². The molecular formula is C15H23N. The van der Waals surface area contributed by atoms with E-state index < -0.39 is 0 Å². The molecule has 2 N–H and O–H groups in total. The number of rotatable bonds is 4. The van der Waals surface area contributed by atoms with Gasteiger partial charge in [-0.2, -0.15) is 0 Å². The molecule has 1 aromatic rings. The minimum absolute atomic E-state index is 0.327. The average molecular weight is 217 g/mol. The van der Waals surface area contributed by atoms with Crippen LogP contribution in [0.3, 0.4) is 0 Å². The molecule has 1 fully saturated rings. The van der Waals surface area contributed by atoms with Crippen LogP contribution in [0.25, 0.3) is 0 Å². The van der Waals surface area contributed by atoms with Crippen LogP contribution in [0.4, 0.5) is 0 Å². The lowest BCUT2D eigenvalue weighted by molar-refractivity contribution is 0.404. The predicted molar refractivity (Wildman–Crippen MR) is 69.5 cm³/mol. The van der Waals surface area contributed by atoms with Crippen molar-refractivity contribution in [2.75, 3.05) is 0 Å². The highest BCUT2D eigenvalue weighted by atomic mass is 14.7. The Labute approximate surface area is 99.0 Å². The normalized spacial score (nSPS) is 19.5. The first kappa shape index (κ1) is 11.7. The molecule has 1 saturated carbocycles. The summed E-state index contributed by atoms with van der Waals surface area (Å²) in [6.07, 6.45) is 3.81. The van der Waals surface area contributed by atoms with E-state index in [9.17, 15) is 0 Å². The summed E-state index contributed by atoms with van der Waals surface area (Å²) in [7, 11) is 0. The molecule has 1 aliphatic rings. The quantitative estimate of drug-likeness (QED) is 0.823. The van der Waals surface area contributed by atoms with Gasteiger partial charge in [-0.3, -0.25) is 0 Å². The maximum atomic E-state index is 6.29.